The molecule has 1 heterocycles. The number of carbonyl (C=O) groups is 2. The first-order valence-electron chi connectivity index (χ1n) is 13.1. The third kappa shape index (κ3) is 5.20. The largest absolute Gasteiger partial charge is 0.478 e. The standard InChI is InChI=1S/C31H34N2O4S/c1-6-32(7-2)21-11-14-24-28(17-21)37-29-18-22(33(8-3)9-4)12-15-25(29)30(24)23-13-10-20(31(35)36)16-26(23)27(34)19-38-5/h10-18H,6-9,19H2,1-5H3/p+1. The minimum atomic E-state index is -1.06. The molecule has 0 atom stereocenters. The molecular formula is C31H35N2O4S+. The van der Waals surface area contributed by atoms with Gasteiger partial charge in [-0.05, 0) is 69.8 Å². The molecule has 1 N–H and O–H groups in total. The van der Waals surface area contributed by atoms with E-state index in [4.69, 9.17) is 4.42 Å². The zero-order valence-electron chi connectivity index (χ0n) is 22.7. The molecular weight excluding hydrogens is 496 g/mol. The topological polar surface area (TPSA) is 73.8 Å². The van der Waals surface area contributed by atoms with Crippen molar-refractivity contribution >= 4 is 40.2 Å². The van der Waals surface area contributed by atoms with E-state index in [0.717, 1.165) is 65.1 Å². The highest BCUT2D eigenvalue weighted by Crippen LogP contribution is 2.42. The minimum absolute atomic E-state index is 0.0973. The van der Waals surface area contributed by atoms with E-state index in [0.29, 0.717) is 11.1 Å². The summed E-state index contributed by atoms with van der Waals surface area (Å²) in [6, 6.07) is 17.2. The molecule has 1 aliphatic carbocycles. The maximum Gasteiger partial charge on any atom is 0.335 e. The number of carboxylic acid groups (broad SMARTS) is 1. The van der Waals surface area contributed by atoms with Gasteiger partial charge in [0.2, 0.25) is 5.36 Å². The van der Waals surface area contributed by atoms with Crippen LogP contribution in [0.5, 0.6) is 0 Å². The van der Waals surface area contributed by atoms with Gasteiger partial charge in [0.05, 0.1) is 17.4 Å². The zero-order valence-corrected chi connectivity index (χ0v) is 23.5. The van der Waals surface area contributed by atoms with E-state index < -0.39 is 5.97 Å². The summed E-state index contributed by atoms with van der Waals surface area (Å²) < 4.78 is 8.81. The quantitative estimate of drug-likeness (QED) is 0.151. The van der Waals surface area contributed by atoms with Crippen molar-refractivity contribution in [2.75, 3.05) is 43.1 Å². The predicted molar refractivity (Wildman–Crippen MR) is 158 cm³/mol. The number of aromatic carboxylic acids is 1. The Bertz CT molecular complexity index is 1530. The van der Waals surface area contributed by atoms with E-state index in [1.807, 2.05) is 18.4 Å². The van der Waals surface area contributed by atoms with Gasteiger partial charge >= 0.3 is 5.97 Å². The number of anilines is 1. The molecule has 0 bridgehead atoms. The number of thioether (sulfide) groups is 1. The van der Waals surface area contributed by atoms with Gasteiger partial charge in [0.1, 0.15) is 24.4 Å². The van der Waals surface area contributed by atoms with E-state index in [9.17, 15) is 14.7 Å². The Morgan fingerprint density at radius 3 is 2.26 bits per heavy atom. The lowest BCUT2D eigenvalue weighted by atomic mass is 9.88. The van der Waals surface area contributed by atoms with Crippen LogP contribution >= 0.6 is 11.8 Å². The van der Waals surface area contributed by atoms with Crippen LogP contribution < -0.4 is 14.8 Å². The fourth-order valence-electron chi connectivity index (χ4n) is 5.06. The van der Waals surface area contributed by atoms with Crippen LogP contribution in [0.15, 0.2) is 59.0 Å². The number of hydrogen-bond donors (Lipinski definition) is 1. The molecule has 2 aromatic carbocycles. The van der Waals surface area contributed by atoms with Gasteiger partial charge in [0.15, 0.2) is 5.78 Å². The van der Waals surface area contributed by atoms with Crippen molar-refractivity contribution in [2.45, 2.75) is 27.7 Å². The number of benzene rings is 3. The summed E-state index contributed by atoms with van der Waals surface area (Å²) in [6.07, 6.45) is 1.87. The monoisotopic (exact) mass is 531 g/mol. The van der Waals surface area contributed by atoms with Gasteiger partial charge in [-0.2, -0.15) is 11.8 Å². The molecule has 38 heavy (non-hydrogen) atoms. The maximum atomic E-state index is 13.3. The van der Waals surface area contributed by atoms with E-state index in [-0.39, 0.29) is 17.1 Å². The molecule has 0 amide bonds. The van der Waals surface area contributed by atoms with Crippen LogP contribution in [0.4, 0.5) is 5.69 Å². The number of rotatable bonds is 10. The van der Waals surface area contributed by atoms with Crippen LogP contribution in [-0.2, 0) is 0 Å². The van der Waals surface area contributed by atoms with Crippen LogP contribution in [0.3, 0.4) is 0 Å². The van der Waals surface area contributed by atoms with Crippen LogP contribution in [-0.4, -0.2) is 55.0 Å². The molecule has 198 valence electrons. The summed E-state index contributed by atoms with van der Waals surface area (Å²) in [5.41, 5.74) is 4.76. The average molecular weight is 532 g/mol. The van der Waals surface area contributed by atoms with Gasteiger partial charge in [0, 0.05) is 53.0 Å². The molecule has 0 saturated carbocycles. The number of carbonyl (C=O) groups excluding carboxylic acids is 1. The Kier molecular flexibility index (Phi) is 8.57. The van der Waals surface area contributed by atoms with E-state index in [1.54, 1.807) is 12.1 Å². The van der Waals surface area contributed by atoms with Crippen LogP contribution in [0.25, 0.3) is 33.4 Å². The predicted octanol–water partition coefficient (Wildman–Crippen LogP) is 6.11. The van der Waals surface area contributed by atoms with Gasteiger partial charge in [-0.3, -0.25) is 4.79 Å². The summed E-state index contributed by atoms with van der Waals surface area (Å²) in [6.45, 7) is 12.0. The Hall–Kier alpha value is -3.58. The second kappa shape index (κ2) is 11.9. The highest BCUT2D eigenvalue weighted by atomic mass is 32.2. The first kappa shape index (κ1) is 27.5. The lowest BCUT2D eigenvalue weighted by Gasteiger charge is -2.23. The second-order valence-corrected chi connectivity index (χ2v) is 9.97. The number of Topliss-reactive ketones (excluding diaryl/α,β-unsaturated/α-hetero) is 1. The van der Waals surface area contributed by atoms with Crippen LogP contribution in [0, 0.1) is 0 Å². The van der Waals surface area contributed by atoms with Gasteiger partial charge < -0.3 is 14.4 Å². The smallest absolute Gasteiger partial charge is 0.335 e. The van der Waals surface area contributed by atoms with Crippen molar-refractivity contribution in [1.82, 2.24) is 4.58 Å². The van der Waals surface area contributed by atoms with Crippen LogP contribution in [0.2, 0.25) is 0 Å². The Morgan fingerprint density at radius 1 is 0.921 bits per heavy atom. The van der Waals surface area contributed by atoms with Crippen molar-refractivity contribution < 1.29 is 19.1 Å². The van der Waals surface area contributed by atoms with Crippen molar-refractivity contribution in [3.05, 3.63) is 71.1 Å². The van der Waals surface area contributed by atoms with E-state index in [2.05, 4.69) is 61.4 Å². The molecule has 0 radical (unpaired) electrons. The Labute approximate surface area is 227 Å². The van der Waals surface area contributed by atoms with Crippen molar-refractivity contribution in [3.8, 4) is 22.5 Å². The molecule has 7 heteroatoms. The minimum Gasteiger partial charge on any atom is -0.478 e. The highest BCUT2D eigenvalue weighted by Gasteiger charge is 2.24. The average Bonchev–Trinajstić information content (AvgIpc) is 2.92. The van der Waals surface area contributed by atoms with Gasteiger partial charge in [-0.1, -0.05) is 6.07 Å². The third-order valence-corrected chi connectivity index (χ3v) is 7.61. The highest BCUT2D eigenvalue weighted by molar-refractivity contribution is 7.99. The number of ketones is 1. The summed E-state index contributed by atoms with van der Waals surface area (Å²) in [7, 11) is 0. The maximum absolute atomic E-state index is 13.3. The fourth-order valence-corrected chi connectivity index (χ4v) is 5.48. The molecule has 0 aromatic heterocycles. The second-order valence-electron chi connectivity index (χ2n) is 9.10. The normalized spacial score (nSPS) is 11.2. The molecule has 0 unspecified atom stereocenters. The molecule has 4 rings (SSSR count). The number of nitrogens with zero attached hydrogens (tertiary/aromatic N) is 2. The van der Waals surface area contributed by atoms with Crippen molar-refractivity contribution in [1.29, 1.82) is 0 Å². The van der Waals surface area contributed by atoms with Crippen LogP contribution in [0.1, 0.15) is 48.4 Å². The molecule has 0 spiro atoms. The summed E-state index contributed by atoms with van der Waals surface area (Å²) >= 11 is 1.42. The molecule has 0 fully saturated rings. The molecule has 1 aliphatic heterocycles. The van der Waals surface area contributed by atoms with E-state index >= 15 is 0 Å². The lowest BCUT2D eigenvalue weighted by Crippen LogP contribution is -2.29. The Morgan fingerprint density at radius 2 is 1.63 bits per heavy atom. The summed E-state index contributed by atoms with van der Waals surface area (Å²) in [5.74, 6) is -0.168. The first-order valence-corrected chi connectivity index (χ1v) is 14.5. The molecule has 2 aliphatic rings. The molecule has 0 saturated heterocycles. The first-order chi connectivity index (χ1) is 18.4. The number of carboxylic acids is 1. The van der Waals surface area contributed by atoms with Gasteiger partial charge in [0.25, 0.3) is 0 Å². The zero-order chi connectivity index (χ0) is 27.4. The van der Waals surface area contributed by atoms with Gasteiger partial charge in [-0.25, -0.2) is 9.37 Å². The summed E-state index contributed by atoms with van der Waals surface area (Å²) in [4.78, 5) is 27.3. The number of hydrogen-bond acceptors (Lipinski definition) is 5. The SMILES string of the molecule is CCN(CC)c1ccc2c(-c3ccc(C(=O)O)cc3C(=O)CSC)c3ccc(=[N+](CC)CC)cc-3oc2c1. The fraction of sp³-hybridized carbons (Fsp3) is 0.323. The molecule has 2 aromatic rings. The lowest BCUT2D eigenvalue weighted by molar-refractivity contribution is 0.0697. The Balaban J connectivity index is 2.13. The molecule has 6 nitrogen and oxygen atoms in total. The summed E-state index contributed by atoms with van der Waals surface area (Å²) in [5, 5.41) is 11.6. The van der Waals surface area contributed by atoms with E-state index in [1.165, 1.54) is 17.8 Å². The van der Waals surface area contributed by atoms with Crippen molar-refractivity contribution in [2.24, 2.45) is 0 Å². The van der Waals surface area contributed by atoms with Crippen molar-refractivity contribution in [3.63, 3.8) is 0 Å². The van der Waals surface area contributed by atoms with Gasteiger partial charge in [-0.15, -0.1) is 0 Å². The number of fused-ring (bicyclic) bond motifs is 2. The third-order valence-electron chi connectivity index (χ3n) is 7.06.